The van der Waals surface area contributed by atoms with Gasteiger partial charge in [-0.2, -0.15) is 0 Å². The number of hydrogen-bond donors (Lipinski definition) is 4. The van der Waals surface area contributed by atoms with Gasteiger partial charge in [0, 0.05) is 25.7 Å². The van der Waals surface area contributed by atoms with Crippen LogP contribution in [-0.4, -0.2) is 54.4 Å². The number of unbranched alkanes of at least 4 members (excludes halogenated alkanes) is 2. The van der Waals surface area contributed by atoms with Crippen molar-refractivity contribution in [2.75, 3.05) is 13.6 Å². The molecule has 200 valence electrons. The normalized spacial score (nSPS) is 12.3. The SMILES string of the molecule is C=C(CCCCCNC(=O)C(CCC(N)=O)NC(=O)OCc1ccccc1)N(C)C(C(N)=O)C(C)C. The molecule has 0 bridgehead atoms. The zero-order chi connectivity index (χ0) is 27.1. The fraction of sp³-hybridized carbons (Fsp3) is 0.538. The molecule has 0 fully saturated rings. The molecule has 10 heteroatoms. The standard InChI is InChI=1S/C26H41N5O5/c1-18(2)23(24(28)33)31(4)19(3)11-7-6-10-16-29-25(34)21(14-15-22(27)32)30-26(35)36-17-20-12-8-5-9-13-20/h5,8-9,12-13,18,21,23H,3,6-7,10-11,14-17H2,1-2,4H3,(H2,27,32)(H2,28,33)(H,29,34)(H,30,35). The third-order valence-electron chi connectivity index (χ3n) is 5.78. The van der Waals surface area contributed by atoms with Crippen molar-refractivity contribution in [3.05, 3.63) is 48.2 Å². The number of nitrogens with two attached hydrogens (primary N) is 2. The van der Waals surface area contributed by atoms with E-state index < -0.39 is 30.0 Å². The van der Waals surface area contributed by atoms with Crippen molar-refractivity contribution in [1.82, 2.24) is 15.5 Å². The van der Waals surface area contributed by atoms with Gasteiger partial charge in [-0.25, -0.2) is 4.79 Å². The molecule has 6 N–H and O–H groups in total. The lowest BCUT2D eigenvalue weighted by Gasteiger charge is -2.32. The largest absolute Gasteiger partial charge is 0.445 e. The Kier molecular flexibility index (Phi) is 13.7. The van der Waals surface area contributed by atoms with Crippen LogP contribution in [0.3, 0.4) is 0 Å². The van der Waals surface area contributed by atoms with Crippen LogP contribution in [-0.2, 0) is 25.7 Å². The summed E-state index contributed by atoms with van der Waals surface area (Å²) in [7, 11) is 1.82. The Labute approximate surface area is 213 Å². The van der Waals surface area contributed by atoms with Crippen LogP contribution in [0.1, 0.15) is 57.9 Å². The minimum absolute atomic E-state index is 0.0463. The highest BCUT2D eigenvalue weighted by atomic mass is 16.5. The van der Waals surface area contributed by atoms with E-state index in [2.05, 4.69) is 17.2 Å². The Morgan fingerprint density at radius 1 is 1.03 bits per heavy atom. The second kappa shape index (κ2) is 16.2. The average molecular weight is 504 g/mol. The van der Waals surface area contributed by atoms with E-state index in [4.69, 9.17) is 16.2 Å². The molecule has 0 saturated heterocycles. The van der Waals surface area contributed by atoms with Crippen LogP contribution < -0.4 is 22.1 Å². The van der Waals surface area contributed by atoms with Crippen molar-refractivity contribution in [3.63, 3.8) is 0 Å². The van der Waals surface area contributed by atoms with E-state index in [9.17, 15) is 19.2 Å². The Balaban J connectivity index is 2.42. The molecule has 1 aromatic carbocycles. The zero-order valence-corrected chi connectivity index (χ0v) is 21.6. The Hall–Kier alpha value is -3.56. The summed E-state index contributed by atoms with van der Waals surface area (Å²) in [5, 5.41) is 5.30. The molecular weight excluding hydrogens is 462 g/mol. The van der Waals surface area contributed by atoms with E-state index in [1.54, 1.807) is 0 Å². The first-order valence-corrected chi connectivity index (χ1v) is 12.3. The van der Waals surface area contributed by atoms with E-state index in [-0.39, 0.29) is 31.3 Å². The molecule has 0 aromatic heterocycles. The summed E-state index contributed by atoms with van der Waals surface area (Å²) in [4.78, 5) is 49.5. The molecule has 0 radical (unpaired) electrons. The number of carbonyl (C=O) groups is 4. The summed E-state index contributed by atoms with van der Waals surface area (Å²) < 4.78 is 5.17. The first-order chi connectivity index (χ1) is 17.0. The minimum Gasteiger partial charge on any atom is -0.445 e. The smallest absolute Gasteiger partial charge is 0.408 e. The first-order valence-electron chi connectivity index (χ1n) is 12.3. The number of nitrogens with zero attached hydrogens (tertiary/aromatic N) is 1. The third kappa shape index (κ3) is 11.7. The highest BCUT2D eigenvalue weighted by Gasteiger charge is 2.25. The number of likely N-dealkylation sites (N-methyl/N-ethyl adjacent to an activating group) is 1. The second-order valence-corrected chi connectivity index (χ2v) is 9.13. The van der Waals surface area contributed by atoms with Gasteiger partial charge >= 0.3 is 6.09 Å². The first kappa shape index (κ1) is 30.5. The molecule has 0 saturated carbocycles. The lowest BCUT2D eigenvalue weighted by molar-refractivity contribution is -0.124. The summed E-state index contributed by atoms with van der Waals surface area (Å²) in [6.45, 7) is 8.42. The molecule has 0 heterocycles. The number of primary amides is 2. The highest BCUT2D eigenvalue weighted by molar-refractivity contribution is 5.86. The molecule has 0 aliphatic heterocycles. The maximum atomic E-state index is 12.6. The Bertz CT molecular complexity index is 875. The number of hydrogen-bond acceptors (Lipinski definition) is 6. The molecule has 0 aliphatic carbocycles. The van der Waals surface area contributed by atoms with Crippen LogP contribution in [0.25, 0.3) is 0 Å². The number of allylic oxidation sites excluding steroid dienone is 1. The lowest BCUT2D eigenvalue weighted by Crippen LogP contribution is -2.47. The predicted molar refractivity (Wildman–Crippen MR) is 138 cm³/mol. The van der Waals surface area contributed by atoms with Crippen LogP contribution in [0.5, 0.6) is 0 Å². The van der Waals surface area contributed by atoms with Crippen molar-refractivity contribution in [3.8, 4) is 0 Å². The number of rotatable bonds is 17. The quantitative estimate of drug-likeness (QED) is 0.239. The maximum Gasteiger partial charge on any atom is 0.408 e. The van der Waals surface area contributed by atoms with Crippen LogP contribution in [0.15, 0.2) is 42.6 Å². The van der Waals surface area contributed by atoms with Crippen LogP contribution in [0, 0.1) is 5.92 Å². The number of ether oxygens (including phenoxy) is 1. The number of amides is 4. The van der Waals surface area contributed by atoms with Gasteiger partial charge in [-0.15, -0.1) is 0 Å². The summed E-state index contributed by atoms with van der Waals surface area (Å²) in [5.41, 5.74) is 12.4. The van der Waals surface area contributed by atoms with Crippen LogP contribution in [0.2, 0.25) is 0 Å². The molecule has 2 atom stereocenters. The highest BCUT2D eigenvalue weighted by Crippen LogP contribution is 2.18. The summed E-state index contributed by atoms with van der Waals surface area (Å²) >= 11 is 0. The number of carbonyl (C=O) groups excluding carboxylic acids is 4. The molecule has 4 amide bonds. The number of nitrogens with one attached hydrogen (secondary N) is 2. The molecule has 1 rings (SSSR count). The van der Waals surface area contributed by atoms with Gasteiger partial charge in [0.25, 0.3) is 0 Å². The van der Waals surface area contributed by atoms with Gasteiger partial charge in [0.1, 0.15) is 18.7 Å². The molecule has 1 aromatic rings. The second-order valence-electron chi connectivity index (χ2n) is 9.13. The van der Waals surface area contributed by atoms with Gasteiger partial charge in [0.05, 0.1) is 0 Å². The van der Waals surface area contributed by atoms with Gasteiger partial charge in [0.15, 0.2) is 0 Å². The molecular formula is C26H41N5O5. The van der Waals surface area contributed by atoms with Gasteiger partial charge in [-0.3, -0.25) is 14.4 Å². The van der Waals surface area contributed by atoms with Gasteiger partial charge < -0.3 is 31.7 Å². The Morgan fingerprint density at radius 2 is 1.69 bits per heavy atom. The van der Waals surface area contributed by atoms with Crippen molar-refractivity contribution in [2.24, 2.45) is 17.4 Å². The van der Waals surface area contributed by atoms with E-state index in [0.717, 1.165) is 24.1 Å². The lowest BCUT2D eigenvalue weighted by atomic mass is 10.0. The molecule has 0 spiro atoms. The summed E-state index contributed by atoms with van der Waals surface area (Å²) in [6, 6.07) is 7.82. The average Bonchev–Trinajstić information content (AvgIpc) is 2.82. The molecule has 0 aliphatic rings. The van der Waals surface area contributed by atoms with Crippen LogP contribution >= 0.6 is 0 Å². The Morgan fingerprint density at radius 3 is 2.28 bits per heavy atom. The van der Waals surface area contributed by atoms with Crippen molar-refractivity contribution >= 4 is 23.8 Å². The number of benzene rings is 1. The minimum atomic E-state index is -0.934. The third-order valence-corrected chi connectivity index (χ3v) is 5.78. The molecule has 2 unspecified atom stereocenters. The molecule has 36 heavy (non-hydrogen) atoms. The van der Waals surface area contributed by atoms with Gasteiger partial charge in [-0.05, 0) is 37.2 Å². The number of alkyl carbamates (subject to hydrolysis) is 1. The maximum absolute atomic E-state index is 12.6. The predicted octanol–water partition coefficient (Wildman–Crippen LogP) is 2.18. The fourth-order valence-electron chi connectivity index (χ4n) is 3.77. The monoisotopic (exact) mass is 503 g/mol. The summed E-state index contributed by atoms with van der Waals surface area (Å²) in [6.07, 6.45) is 2.36. The van der Waals surface area contributed by atoms with Crippen molar-refractivity contribution in [2.45, 2.75) is 71.1 Å². The van der Waals surface area contributed by atoms with E-state index in [1.807, 2.05) is 56.1 Å². The zero-order valence-electron chi connectivity index (χ0n) is 21.6. The van der Waals surface area contributed by atoms with Crippen molar-refractivity contribution < 1.29 is 23.9 Å². The van der Waals surface area contributed by atoms with Gasteiger partial charge in [-0.1, -0.05) is 57.2 Å². The van der Waals surface area contributed by atoms with E-state index in [0.29, 0.717) is 19.4 Å². The van der Waals surface area contributed by atoms with Crippen molar-refractivity contribution in [1.29, 1.82) is 0 Å². The van der Waals surface area contributed by atoms with E-state index >= 15 is 0 Å². The topological polar surface area (TPSA) is 157 Å². The van der Waals surface area contributed by atoms with E-state index in [1.165, 1.54) is 0 Å². The fourth-order valence-corrected chi connectivity index (χ4v) is 3.77. The molecule has 10 nitrogen and oxygen atoms in total. The van der Waals surface area contributed by atoms with Gasteiger partial charge in [0.2, 0.25) is 17.7 Å². The summed E-state index contributed by atoms with van der Waals surface area (Å²) in [5.74, 6) is -1.27. The van der Waals surface area contributed by atoms with Crippen LogP contribution in [0.4, 0.5) is 4.79 Å².